The Morgan fingerprint density at radius 3 is 2.62 bits per heavy atom. The number of fused-ring (bicyclic) bond motifs is 1. The number of carboxylic acids is 1. The highest BCUT2D eigenvalue weighted by Crippen LogP contribution is 2.32. The Morgan fingerprint density at radius 1 is 1.31 bits per heavy atom. The van der Waals surface area contributed by atoms with Gasteiger partial charge >= 0.3 is 12.1 Å². The maximum atomic E-state index is 11.9. The van der Waals surface area contributed by atoms with Crippen molar-refractivity contribution in [3.8, 4) is 0 Å². The number of halogens is 3. The maximum absolute atomic E-state index is 11.9. The third-order valence-corrected chi connectivity index (χ3v) is 6.51. The zero-order valence-electron chi connectivity index (χ0n) is 17.8. The van der Waals surface area contributed by atoms with Crippen LogP contribution in [0.25, 0.3) is 0 Å². The van der Waals surface area contributed by atoms with E-state index in [2.05, 4.69) is 44.4 Å². The number of hydrogen-bond donors (Lipinski definition) is 2. The number of nitrogens with zero attached hydrogens (tertiary/aromatic N) is 3. The van der Waals surface area contributed by atoms with E-state index >= 15 is 0 Å². The molecular weight excluding hydrogens is 445 g/mol. The third kappa shape index (κ3) is 7.06. The molecule has 4 rings (SSSR count). The van der Waals surface area contributed by atoms with E-state index in [0.717, 1.165) is 32.6 Å². The molecule has 1 aliphatic carbocycles. The molecule has 1 unspecified atom stereocenters. The minimum absolute atomic E-state index is 0.213. The summed E-state index contributed by atoms with van der Waals surface area (Å²) in [5.41, 5.74) is 2.66. The average Bonchev–Trinajstić information content (AvgIpc) is 3.23. The molecule has 1 aliphatic heterocycles. The number of alkyl halides is 3. The Bertz CT molecular complexity index is 924. The molecule has 176 valence electrons. The van der Waals surface area contributed by atoms with Crippen molar-refractivity contribution in [3.63, 3.8) is 0 Å². The number of thiophene rings is 1. The number of nitrogens with one attached hydrogen (secondary N) is 1. The van der Waals surface area contributed by atoms with Crippen LogP contribution < -0.4 is 5.32 Å². The van der Waals surface area contributed by atoms with Gasteiger partial charge in [-0.05, 0) is 55.2 Å². The summed E-state index contributed by atoms with van der Waals surface area (Å²) in [6, 6.07) is 4.65. The lowest BCUT2D eigenvalue weighted by Crippen LogP contribution is -2.38. The van der Waals surface area contributed by atoms with Crippen molar-refractivity contribution in [2.24, 2.45) is 5.92 Å². The van der Waals surface area contributed by atoms with Gasteiger partial charge in [0.15, 0.2) is 0 Å². The fourth-order valence-corrected chi connectivity index (χ4v) is 4.55. The van der Waals surface area contributed by atoms with Gasteiger partial charge < -0.3 is 10.4 Å². The summed E-state index contributed by atoms with van der Waals surface area (Å²) < 4.78 is 33.9. The lowest BCUT2D eigenvalue weighted by molar-refractivity contribution is -0.192. The quantitative estimate of drug-likeness (QED) is 0.641. The van der Waals surface area contributed by atoms with Gasteiger partial charge in [-0.1, -0.05) is 0 Å². The molecule has 0 aromatic carbocycles. The van der Waals surface area contributed by atoms with Gasteiger partial charge in [-0.2, -0.15) is 18.3 Å². The van der Waals surface area contributed by atoms with E-state index in [4.69, 9.17) is 9.90 Å². The standard InChI is InChI=1S/C19H26N4OS.C2HF3O2/c1-14-6-9-25-18(14)13-22-11-16(23-17(12-22)5-8-21-23)4-7-20-19(24)10-15-2-3-15;3-2(4,5)1(6)7/h5-6,8-9,15-16H,2-4,7,10-13H2,1H3,(H,20,24);(H,6,7). The summed E-state index contributed by atoms with van der Waals surface area (Å²) in [7, 11) is 0. The van der Waals surface area contributed by atoms with E-state index in [1.807, 2.05) is 17.5 Å². The van der Waals surface area contributed by atoms with E-state index in [1.54, 1.807) is 0 Å². The number of carbonyl (C=O) groups excluding carboxylic acids is 1. The number of hydrogen-bond acceptors (Lipinski definition) is 5. The number of carbonyl (C=O) groups is 2. The summed E-state index contributed by atoms with van der Waals surface area (Å²) in [6.45, 7) is 5.86. The molecule has 0 saturated heterocycles. The highest BCUT2D eigenvalue weighted by atomic mass is 32.1. The Balaban J connectivity index is 0.000000360. The minimum Gasteiger partial charge on any atom is -0.475 e. The summed E-state index contributed by atoms with van der Waals surface area (Å²) in [4.78, 5) is 24.8. The number of amides is 1. The first-order valence-corrected chi connectivity index (χ1v) is 11.4. The fourth-order valence-electron chi connectivity index (χ4n) is 3.60. The van der Waals surface area contributed by atoms with Gasteiger partial charge in [0.25, 0.3) is 0 Å². The molecule has 1 fully saturated rings. The van der Waals surface area contributed by atoms with Crippen LogP contribution in [0, 0.1) is 12.8 Å². The second-order valence-electron chi connectivity index (χ2n) is 8.21. The topological polar surface area (TPSA) is 87.5 Å². The molecule has 2 aliphatic rings. The van der Waals surface area contributed by atoms with Gasteiger partial charge in [-0.25, -0.2) is 4.79 Å². The van der Waals surface area contributed by atoms with Crippen LogP contribution in [0.15, 0.2) is 23.7 Å². The molecule has 2 aromatic rings. The van der Waals surface area contributed by atoms with Crippen molar-refractivity contribution < 1.29 is 27.9 Å². The second-order valence-corrected chi connectivity index (χ2v) is 9.21. The van der Waals surface area contributed by atoms with E-state index < -0.39 is 12.1 Å². The predicted octanol–water partition coefficient (Wildman–Crippen LogP) is 3.75. The van der Waals surface area contributed by atoms with E-state index in [-0.39, 0.29) is 5.91 Å². The van der Waals surface area contributed by atoms with Crippen LogP contribution in [0.4, 0.5) is 13.2 Å². The van der Waals surface area contributed by atoms with Gasteiger partial charge in [0.05, 0.1) is 11.7 Å². The molecule has 0 bridgehead atoms. The molecule has 0 radical (unpaired) electrons. The van der Waals surface area contributed by atoms with Gasteiger partial charge in [0.2, 0.25) is 5.91 Å². The highest BCUT2D eigenvalue weighted by molar-refractivity contribution is 7.10. The van der Waals surface area contributed by atoms with Gasteiger partial charge in [-0.15, -0.1) is 11.3 Å². The summed E-state index contributed by atoms with van der Waals surface area (Å²) in [6.07, 6.45) is 0.911. The normalized spacial score (nSPS) is 18.4. The number of carboxylic acid groups (broad SMARTS) is 1. The highest BCUT2D eigenvalue weighted by Gasteiger charge is 2.38. The zero-order chi connectivity index (χ0) is 23.3. The Morgan fingerprint density at radius 2 is 2.03 bits per heavy atom. The van der Waals surface area contributed by atoms with Crippen LogP contribution in [-0.4, -0.2) is 50.9 Å². The van der Waals surface area contributed by atoms with Crippen LogP contribution in [0.5, 0.6) is 0 Å². The van der Waals surface area contributed by atoms with Crippen molar-refractivity contribution in [3.05, 3.63) is 39.8 Å². The molecule has 0 spiro atoms. The van der Waals surface area contributed by atoms with Crippen LogP contribution in [0.1, 0.15) is 47.9 Å². The molecule has 2 aromatic heterocycles. The smallest absolute Gasteiger partial charge is 0.475 e. The van der Waals surface area contributed by atoms with Crippen molar-refractivity contribution in [1.29, 1.82) is 0 Å². The van der Waals surface area contributed by atoms with Crippen LogP contribution in [-0.2, 0) is 22.7 Å². The Kier molecular flexibility index (Phi) is 7.94. The monoisotopic (exact) mass is 472 g/mol. The molecule has 7 nitrogen and oxygen atoms in total. The number of aromatic nitrogens is 2. The maximum Gasteiger partial charge on any atom is 0.490 e. The van der Waals surface area contributed by atoms with Crippen LogP contribution in [0.3, 0.4) is 0 Å². The van der Waals surface area contributed by atoms with E-state index in [9.17, 15) is 18.0 Å². The molecular formula is C21H27F3N4O3S. The van der Waals surface area contributed by atoms with Crippen LogP contribution in [0.2, 0.25) is 0 Å². The second kappa shape index (κ2) is 10.5. The van der Waals surface area contributed by atoms with E-state index in [0.29, 0.717) is 18.4 Å². The van der Waals surface area contributed by atoms with Gasteiger partial charge in [0.1, 0.15) is 0 Å². The van der Waals surface area contributed by atoms with Crippen molar-refractivity contribution in [1.82, 2.24) is 20.0 Å². The number of aliphatic carboxylic acids is 1. The molecule has 1 atom stereocenters. The SMILES string of the molecule is Cc1ccsc1CN1Cc2ccnn2C(CCNC(=O)CC2CC2)C1.O=C(O)C(F)(F)F. The lowest BCUT2D eigenvalue weighted by atomic mass is 10.1. The fraction of sp³-hybridized carbons (Fsp3) is 0.571. The molecule has 1 saturated carbocycles. The van der Waals surface area contributed by atoms with Gasteiger partial charge in [0, 0.05) is 43.7 Å². The summed E-state index contributed by atoms with van der Waals surface area (Å²) in [5, 5.41) is 16.9. The molecule has 11 heteroatoms. The average molecular weight is 473 g/mol. The largest absolute Gasteiger partial charge is 0.490 e. The minimum atomic E-state index is -5.08. The molecule has 32 heavy (non-hydrogen) atoms. The van der Waals surface area contributed by atoms with Gasteiger partial charge in [-0.3, -0.25) is 14.4 Å². The first-order chi connectivity index (χ1) is 15.1. The first kappa shape index (κ1) is 24.2. The predicted molar refractivity (Wildman–Crippen MR) is 113 cm³/mol. The van der Waals surface area contributed by atoms with Crippen molar-refractivity contribution in [2.75, 3.05) is 13.1 Å². The Hall–Kier alpha value is -2.40. The molecule has 3 heterocycles. The lowest BCUT2D eigenvalue weighted by Gasteiger charge is -2.34. The number of rotatable bonds is 7. The van der Waals surface area contributed by atoms with Crippen LogP contribution >= 0.6 is 11.3 Å². The third-order valence-electron chi connectivity index (χ3n) is 5.50. The van der Waals surface area contributed by atoms with Crippen molar-refractivity contribution in [2.45, 2.75) is 57.9 Å². The number of aryl methyl sites for hydroxylation is 1. The molecule has 2 N–H and O–H groups in total. The zero-order valence-corrected chi connectivity index (χ0v) is 18.6. The Labute approximate surface area is 188 Å². The first-order valence-electron chi connectivity index (χ1n) is 10.5. The van der Waals surface area contributed by atoms with Crippen molar-refractivity contribution >= 4 is 23.2 Å². The molecule has 1 amide bonds. The van der Waals surface area contributed by atoms with E-state index in [1.165, 1.54) is 29.0 Å². The summed E-state index contributed by atoms with van der Waals surface area (Å²) in [5.74, 6) is -1.89. The summed E-state index contributed by atoms with van der Waals surface area (Å²) >= 11 is 1.84.